The minimum Gasteiger partial charge on any atom is -0.351 e. The molecule has 1 heterocycles. The quantitative estimate of drug-likeness (QED) is 0.838. The van der Waals surface area contributed by atoms with Crippen molar-refractivity contribution in [2.24, 2.45) is 0 Å². The molecule has 102 valence electrons. The van der Waals surface area contributed by atoms with E-state index >= 15 is 0 Å². The Hall–Kier alpha value is -1.55. The van der Waals surface area contributed by atoms with E-state index in [-0.39, 0.29) is 17.9 Å². The molecule has 1 aliphatic heterocycles. The van der Waals surface area contributed by atoms with Crippen LogP contribution in [0.2, 0.25) is 0 Å². The average molecular weight is 281 g/mol. The van der Waals surface area contributed by atoms with Gasteiger partial charge in [0.2, 0.25) is 11.8 Å². The Morgan fingerprint density at radius 1 is 1.37 bits per heavy atom. The van der Waals surface area contributed by atoms with E-state index in [9.17, 15) is 9.59 Å². The van der Waals surface area contributed by atoms with Crippen LogP contribution in [0.25, 0.3) is 0 Å². The van der Waals surface area contributed by atoms with Gasteiger partial charge in [-0.2, -0.15) is 0 Å². The molecule has 1 aliphatic rings. The Morgan fingerprint density at radius 3 is 2.79 bits per heavy atom. The number of nitrogens with one attached hydrogen (secondary N) is 1. The highest BCUT2D eigenvalue weighted by molar-refractivity contribution is 6.17. The summed E-state index contributed by atoms with van der Waals surface area (Å²) in [6, 6.07) is 9.40. The summed E-state index contributed by atoms with van der Waals surface area (Å²) < 4.78 is 0. The van der Waals surface area contributed by atoms with Crippen LogP contribution in [-0.4, -0.2) is 30.3 Å². The molecule has 1 aromatic carbocycles. The van der Waals surface area contributed by atoms with E-state index < -0.39 is 0 Å². The van der Waals surface area contributed by atoms with Crippen LogP contribution < -0.4 is 10.2 Å². The van der Waals surface area contributed by atoms with Crippen LogP contribution in [0.1, 0.15) is 19.3 Å². The molecule has 0 radical (unpaired) electrons. The predicted molar refractivity (Wildman–Crippen MR) is 75.3 cm³/mol. The molecule has 4 nitrogen and oxygen atoms in total. The maximum atomic E-state index is 11.9. The fourth-order valence-corrected chi connectivity index (χ4v) is 2.32. The van der Waals surface area contributed by atoms with Crippen LogP contribution in [-0.2, 0) is 9.59 Å². The van der Waals surface area contributed by atoms with Gasteiger partial charge in [0.1, 0.15) is 0 Å². The largest absolute Gasteiger partial charge is 0.351 e. The Morgan fingerprint density at radius 2 is 2.11 bits per heavy atom. The van der Waals surface area contributed by atoms with Gasteiger partial charge in [-0.15, -0.1) is 11.6 Å². The monoisotopic (exact) mass is 280 g/mol. The van der Waals surface area contributed by atoms with Crippen molar-refractivity contribution in [1.29, 1.82) is 0 Å². The van der Waals surface area contributed by atoms with Crippen LogP contribution in [0.5, 0.6) is 0 Å². The second-order valence-electron chi connectivity index (χ2n) is 4.60. The molecule has 0 aromatic heterocycles. The molecule has 0 saturated carbocycles. The summed E-state index contributed by atoms with van der Waals surface area (Å²) in [6.07, 6.45) is 1.44. The van der Waals surface area contributed by atoms with Gasteiger partial charge in [-0.05, 0) is 18.6 Å². The zero-order valence-electron chi connectivity index (χ0n) is 10.6. The molecule has 0 aliphatic carbocycles. The maximum absolute atomic E-state index is 11.9. The van der Waals surface area contributed by atoms with Gasteiger partial charge in [0, 0.05) is 31.0 Å². The van der Waals surface area contributed by atoms with E-state index in [1.54, 1.807) is 4.90 Å². The standard InChI is InChI=1S/C14H17ClN2O2/c15-8-4-7-13(18)16-11-9-14(19)17(10-11)12-5-2-1-3-6-12/h1-3,5-6,11H,4,7-10H2,(H,16,18)/t11-/m1/s1. The first kappa shape index (κ1) is 13.9. The van der Waals surface area contributed by atoms with Crippen molar-refractivity contribution < 1.29 is 9.59 Å². The number of rotatable bonds is 5. The van der Waals surface area contributed by atoms with Gasteiger partial charge in [-0.1, -0.05) is 18.2 Å². The lowest BCUT2D eigenvalue weighted by Gasteiger charge is -2.17. The normalized spacial score (nSPS) is 18.7. The molecule has 1 fully saturated rings. The Balaban J connectivity index is 1.91. The van der Waals surface area contributed by atoms with E-state index in [4.69, 9.17) is 11.6 Å². The van der Waals surface area contributed by atoms with Gasteiger partial charge in [0.15, 0.2) is 0 Å². The van der Waals surface area contributed by atoms with Crippen molar-refractivity contribution in [1.82, 2.24) is 5.32 Å². The molecule has 1 saturated heterocycles. The minimum atomic E-state index is -0.101. The summed E-state index contributed by atoms with van der Waals surface area (Å²) in [5.41, 5.74) is 0.880. The zero-order chi connectivity index (χ0) is 13.7. The second kappa shape index (κ2) is 6.57. The van der Waals surface area contributed by atoms with Crippen molar-refractivity contribution in [3.8, 4) is 0 Å². The fraction of sp³-hybridized carbons (Fsp3) is 0.429. The van der Waals surface area contributed by atoms with Crippen LogP contribution in [0, 0.1) is 0 Å². The highest BCUT2D eigenvalue weighted by atomic mass is 35.5. The molecule has 2 amide bonds. The summed E-state index contributed by atoms with van der Waals surface area (Å²) in [4.78, 5) is 25.3. The molecule has 1 aromatic rings. The number of halogens is 1. The summed E-state index contributed by atoms with van der Waals surface area (Å²) >= 11 is 5.55. The lowest BCUT2D eigenvalue weighted by atomic mass is 10.2. The smallest absolute Gasteiger partial charge is 0.229 e. The SMILES string of the molecule is O=C(CCCCl)N[C@@H]1CC(=O)N(c2ccccc2)C1. The third-order valence-electron chi connectivity index (χ3n) is 3.10. The summed E-state index contributed by atoms with van der Waals surface area (Å²) in [5.74, 6) is 0.495. The van der Waals surface area contributed by atoms with Gasteiger partial charge in [0.25, 0.3) is 0 Å². The predicted octanol–water partition coefficient (Wildman–Crippen LogP) is 1.93. The molecule has 0 unspecified atom stereocenters. The van der Waals surface area contributed by atoms with Crippen LogP contribution in [0.15, 0.2) is 30.3 Å². The van der Waals surface area contributed by atoms with Crippen LogP contribution in [0.3, 0.4) is 0 Å². The highest BCUT2D eigenvalue weighted by Gasteiger charge is 2.31. The average Bonchev–Trinajstić information content (AvgIpc) is 2.78. The second-order valence-corrected chi connectivity index (χ2v) is 4.98. The molecular weight excluding hydrogens is 264 g/mol. The van der Waals surface area contributed by atoms with E-state index in [0.717, 1.165) is 5.69 Å². The maximum Gasteiger partial charge on any atom is 0.229 e. The van der Waals surface area contributed by atoms with Crippen LogP contribution in [0.4, 0.5) is 5.69 Å². The molecule has 1 N–H and O–H groups in total. The lowest BCUT2D eigenvalue weighted by molar-refractivity contribution is -0.121. The summed E-state index contributed by atoms with van der Waals surface area (Å²) in [5, 5.41) is 2.88. The van der Waals surface area contributed by atoms with Crippen molar-refractivity contribution in [2.75, 3.05) is 17.3 Å². The van der Waals surface area contributed by atoms with E-state index in [2.05, 4.69) is 5.32 Å². The molecule has 1 atom stereocenters. The van der Waals surface area contributed by atoms with Crippen molar-refractivity contribution in [2.45, 2.75) is 25.3 Å². The molecule has 0 spiro atoms. The third-order valence-corrected chi connectivity index (χ3v) is 3.36. The number of carbonyl (C=O) groups is 2. The topological polar surface area (TPSA) is 49.4 Å². The number of para-hydroxylation sites is 1. The summed E-state index contributed by atoms with van der Waals surface area (Å²) in [6.45, 7) is 0.537. The van der Waals surface area contributed by atoms with Crippen molar-refractivity contribution >= 4 is 29.1 Å². The summed E-state index contributed by atoms with van der Waals surface area (Å²) in [7, 11) is 0. The van der Waals surface area contributed by atoms with Crippen molar-refractivity contribution in [3.63, 3.8) is 0 Å². The Labute approximate surface area is 117 Å². The number of benzene rings is 1. The molecule has 5 heteroatoms. The number of hydrogen-bond acceptors (Lipinski definition) is 2. The minimum absolute atomic E-state index is 0.0339. The number of alkyl halides is 1. The van der Waals surface area contributed by atoms with Crippen molar-refractivity contribution in [3.05, 3.63) is 30.3 Å². The van der Waals surface area contributed by atoms with Gasteiger partial charge in [0.05, 0.1) is 6.04 Å². The van der Waals surface area contributed by atoms with Crippen LogP contribution >= 0.6 is 11.6 Å². The fourth-order valence-electron chi connectivity index (χ4n) is 2.19. The first-order chi connectivity index (χ1) is 9.20. The molecule has 2 rings (SSSR count). The van der Waals surface area contributed by atoms with E-state index in [1.165, 1.54) is 0 Å². The molecule has 19 heavy (non-hydrogen) atoms. The molecular formula is C14H17ClN2O2. The van der Waals surface area contributed by atoms with Gasteiger partial charge >= 0.3 is 0 Å². The number of anilines is 1. The Bertz CT molecular complexity index is 450. The van der Waals surface area contributed by atoms with E-state index in [1.807, 2.05) is 30.3 Å². The van der Waals surface area contributed by atoms with E-state index in [0.29, 0.717) is 31.7 Å². The van der Waals surface area contributed by atoms with Gasteiger partial charge < -0.3 is 10.2 Å². The number of nitrogens with zero attached hydrogens (tertiary/aromatic N) is 1. The number of carbonyl (C=O) groups excluding carboxylic acids is 2. The highest BCUT2D eigenvalue weighted by Crippen LogP contribution is 2.21. The van der Waals surface area contributed by atoms with Gasteiger partial charge in [-0.25, -0.2) is 0 Å². The first-order valence-corrected chi connectivity index (χ1v) is 6.95. The Kier molecular flexibility index (Phi) is 4.80. The third kappa shape index (κ3) is 3.70. The molecule has 0 bridgehead atoms. The zero-order valence-corrected chi connectivity index (χ0v) is 11.4. The first-order valence-electron chi connectivity index (χ1n) is 6.41. The number of amides is 2. The lowest BCUT2D eigenvalue weighted by Crippen LogP contribution is -2.37. The van der Waals surface area contributed by atoms with Gasteiger partial charge in [-0.3, -0.25) is 9.59 Å². The number of hydrogen-bond donors (Lipinski definition) is 1.